The third-order valence-electron chi connectivity index (χ3n) is 5.01. The van der Waals surface area contributed by atoms with Crippen molar-refractivity contribution in [3.05, 3.63) is 24.2 Å². The number of fused-ring (bicyclic) bond motifs is 1. The molecule has 1 aromatic rings. The summed E-state index contributed by atoms with van der Waals surface area (Å²) in [7, 11) is 0. The summed E-state index contributed by atoms with van der Waals surface area (Å²) in [6.45, 7) is 6.28. The average Bonchev–Trinajstić information content (AvgIpc) is 3.26. The number of nitrogens with zero attached hydrogens (tertiary/aromatic N) is 2. The highest BCUT2D eigenvalue weighted by Crippen LogP contribution is 2.35. The van der Waals surface area contributed by atoms with E-state index in [0.29, 0.717) is 18.8 Å². The number of rotatable bonds is 5. The van der Waals surface area contributed by atoms with Crippen LogP contribution < -0.4 is 10.6 Å². The van der Waals surface area contributed by atoms with Gasteiger partial charge in [0.1, 0.15) is 0 Å². The van der Waals surface area contributed by atoms with Crippen LogP contribution in [0, 0.1) is 11.8 Å². The molecule has 1 saturated carbocycles. The van der Waals surface area contributed by atoms with Crippen molar-refractivity contribution in [1.29, 1.82) is 0 Å². The molecule has 1 aromatic heterocycles. The van der Waals surface area contributed by atoms with E-state index < -0.39 is 0 Å². The number of guanidine groups is 1. The normalized spacial score (nSPS) is 23.9. The summed E-state index contributed by atoms with van der Waals surface area (Å²) in [5.74, 6) is 2.81. The molecule has 0 bridgehead atoms. The van der Waals surface area contributed by atoms with Crippen LogP contribution in [0.1, 0.15) is 43.2 Å². The quantitative estimate of drug-likeness (QED) is 0.492. The first-order chi connectivity index (χ1) is 11.8. The zero-order chi connectivity index (χ0) is 16.8. The molecule has 2 fully saturated rings. The maximum Gasteiger partial charge on any atom is 0.287 e. The van der Waals surface area contributed by atoms with Crippen molar-refractivity contribution in [2.45, 2.75) is 32.6 Å². The van der Waals surface area contributed by atoms with Crippen molar-refractivity contribution in [3.63, 3.8) is 0 Å². The third-order valence-corrected chi connectivity index (χ3v) is 5.01. The van der Waals surface area contributed by atoms with Crippen LogP contribution in [0.4, 0.5) is 0 Å². The standard InChI is InChI=1S/C18H28N4O2/c1-2-19-18(22-12-14-6-3-4-7-15(14)13-22)21-10-9-20-17(23)16-8-5-11-24-16/h5,8,11,14-15H,2-4,6-7,9-10,12-13H2,1H3,(H,19,21)(H,20,23). The SMILES string of the molecule is CCNC(=NCCNC(=O)c1ccco1)N1CC2CCCCC2C1. The van der Waals surface area contributed by atoms with Gasteiger partial charge in [-0.15, -0.1) is 0 Å². The van der Waals surface area contributed by atoms with Crippen LogP contribution in [0.5, 0.6) is 0 Å². The first-order valence-electron chi connectivity index (χ1n) is 9.13. The van der Waals surface area contributed by atoms with E-state index in [9.17, 15) is 4.79 Å². The van der Waals surface area contributed by atoms with Gasteiger partial charge in [-0.3, -0.25) is 9.79 Å². The second-order valence-corrected chi connectivity index (χ2v) is 6.68. The summed E-state index contributed by atoms with van der Waals surface area (Å²) in [5.41, 5.74) is 0. The third kappa shape index (κ3) is 4.10. The maximum atomic E-state index is 11.8. The maximum absolute atomic E-state index is 11.8. The first-order valence-corrected chi connectivity index (χ1v) is 9.13. The van der Waals surface area contributed by atoms with Crippen LogP contribution >= 0.6 is 0 Å². The Labute approximate surface area is 143 Å². The minimum atomic E-state index is -0.188. The molecule has 24 heavy (non-hydrogen) atoms. The van der Waals surface area contributed by atoms with E-state index in [0.717, 1.165) is 37.4 Å². The Balaban J connectivity index is 1.49. The molecular formula is C18H28N4O2. The Morgan fingerprint density at radius 3 is 2.67 bits per heavy atom. The molecular weight excluding hydrogens is 304 g/mol. The highest BCUT2D eigenvalue weighted by atomic mass is 16.3. The molecule has 2 heterocycles. The largest absolute Gasteiger partial charge is 0.459 e. The number of amides is 1. The van der Waals surface area contributed by atoms with Crippen LogP contribution in [0.15, 0.2) is 27.8 Å². The Morgan fingerprint density at radius 1 is 1.29 bits per heavy atom. The predicted octanol–water partition coefficient (Wildman–Crippen LogP) is 2.10. The number of nitrogens with one attached hydrogen (secondary N) is 2. The lowest BCUT2D eigenvalue weighted by molar-refractivity contribution is 0.0927. The van der Waals surface area contributed by atoms with Crippen molar-refractivity contribution < 1.29 is 9.21 Å². The molecule has 2 unspecified atom stereocenters. The topological polar surface area (TPSA) is 69.9 Å². The molecule has 0 aromatic carbocycles. The monoisotopic (exact) mass is 332 g/mol. The lowest BCUT2D eigenvalue weighted by Crippen LogP contribution is -2.41. The Bertz CT molecular complexity index is 541. The summed E-state index contributed by atoms with van der Waals surface area (Å²) >= 11 is 0. The number of likely N-dealkylation sites (tertiary alicyclic amines) is 1. The number of hydrogen-bond donors (Lipinski definition) is 2. The van der Waals surface area contributed by atoms with E-state index in [2.05, 4.69) is 22.5 Å². The number of carbonyl (C=O) groups excluding carboxylic acids is 1. The fourth-order valence-corrected chi connectivity index (χ4v) is 3.83. The van der Waals surface area contributed by atoms with Gasteiger partial charge >= 0.3 is 0 Å². The molecule has 2 N–H and O–H groups in total. The summed E-state index contributed by atoms with van der Waals surface area (Å²) in [4.78, 5) is 18.9. The van der Waals surface area contributed by atoms with Gasteiger partial charge in [0, 0.05) is 26.2 Å². The van der Waals surface area contributed by atoms with Gasteiger partial charge in [-0.05, 0) is 43.7 Å². The van der Waals surface area contributed by atoms with E-state index in [-0.39, 0.29) is 5.91 Å². The van der Waals surface area contributed by atoms with Crippen molar-refractivity contribution in [3.8, 4) is 0 Å². The van der Waals surface area contributed by atoms with Gasteiger partial charge in [0.2, 0.25) is 0 Å². The highest BCUT2D eigenvalue weighted by Gasteiger charge is 2.35. The molecule has 0 spiro atoms. The van der Waals surface area contributed by atoms with E-state index in [1.54, 1.807) is 12.1 Å². The van der Waals surface area contributed by atoms with Gasteiger partial charge in [0.15, 0.2) is 11.7 Å². The zero-order valence-electron chi connectivity index (χ0n) is 14.5. The van der Waals surface area contributed by atoms with Crippen molar-refractivity contribution in [2.24, 2.45) is 16.8 Å². The van der Waals surface area contributed by atoms with Gasteiger partial charge in [-0.25, -0.2) is 0 Å². The average molecular weight is 332 g/mol. The predicted molar refractivity (Wildman–Crippen MR) is 94.0 cm³/mol. The van der Waals surface area contributed by atoms with Gasteiger partial charge in [-0.1, -0.05) is 12.8 Å². The Morgan fingerprint density at radius 2 is 2.04 bits per heavy atom. The summed E-state index contributed by atoms with van der Waals surface area (Å²) in [6, 6.07) is 3.37. The fourth-order valence-electron chi connectivity index (χ4n) is 3.83. The molecule has 1 saturated heterocycles. The van der Waals surface area contributed by atoms with Crippen LogP contribution in [0.25, 0.3) is 0 Å². The van der Waals surface area contributed by atoms with Gasteiger partial charge < -0.3 is 20.0 Å². The van der Waals surface area contributed by atoms with E-state index in [4.69, 9.17) is 9.41 Å². The minimum Gasteiger partial charge on any atom is -0.459 e. The summed E-state index contributed by atoms with van der Waals surface area (Å²) in [6.07, 6.45) is 6.98. The van der Waals surface area contributed by atoms with Crippen molar-refractivity contribution in [1.82, 2.24) is 15.5 Å². The lowest BCUT2D eigenvalue weighted by atomic mass is 9.82. The minimum absolute atomic E-state index is 0.188. The van der Waals surface area contributed by atoms with Crippen LogP contribution in [-0.2, 0) is 0 Å². The first kappa shape index (κ1) is 16.9. The second-order valence-electron chi connectivity index (χ2n) is 6.68. The fraction of sp³-hybridized carbons (Fsp3) is 0.667. The molecule has 3 rings (SSSR count). The number of hydrogen-bond acceptors (Lipinski definition) is 3. The number of aliphatic imine (C=N–C) groups is 1. The van der Waals surface area contributed by atoms with Gasteiger partial charge in [-0.2, -0.15) is 0 Å². The van der Waals surface area contributed by atoms with Crippen LogP contribution in [-0.4, -0.2) is 49.5 Å². The van der Waals surface area contributed by atoms with Gasteiger partial charge in [0.05, 0.1) is 12.8 Å². The van der Waals surface area contributed by atoms with E-state index >= 15 is 0 Å². The number of carbonyl (C=O) groups is 1. The zero-order valence-corrected chi connectivity index (χ0v) is 14.5. The van der Waals surface area contributed by atoms with Crippen molar-refractivity contribution >= 4 is 11.9 Å². The van der Waals surface area contributed by atoms with Crippen molar-refractivity contribution in [2.75, 3.05) is 32.7 Å². The van der Waals surface area contributed by atoms with E-state index in [1.165, 1.54) is 31.9 Å². The second kappa shape index (κ2) is 8.22. The molecule has 6 heteroatoms. The lowest BCUT2D eigenvalue weighted by Gasteiger charge is -2.22. The summed E-state index contributed by atoms with van der Waals surface area (Å²) in [5, 5.41) is 6.23. The molecule has 0 radical (unpaired) electrons. The molecule has 132 valence electrons. The molecule has 1 aliphatic heterocycles. The molecule has 2 aliphatic rings. The smallest absolute Gasteiger partial charge is 0.287 e. The Kier molecular flexibility index (Phi) is 5.77. The highest BCUT2D eigenvalue weighted by molar-refractivity contribution is 5.91. The molecule has 1 aliphatic carbocycles. The summed E-state index contributed by atoms with van der Waals surface area (Å²) < 4.78 is 5.08. The molecule has 1 amide bonds. The molecule has 2 atom stereocenters. The van der Waals surface area contributed by atoms with Crippen LogP contribution in [0.3, 0.4) is 0 Å². The van der Waals surface area contributed by atoms with E-state index in [1.807, 2.05) is 0 Å². The Hall–Kier alpha value is -1.98. The van der Waals surface area contributed by atoms with Gasteiger partial charge in [0.25, 0.3) is 5.91 Å². The number of furan rings is 1. The van der Waals surface area contributed by atoms with Crippen LogP contribution in [0.2, 0.25) is 0 Å². The molecule has 6 nitrogen and oxygen atoms in total.